The van der Waals surface area contributed by atoms with Gasteiger partial charge in [-0.15, -0.1) is 0 Å². The van der Waals surface area contributed by atoms with Crippen molar-refractivity contribution in [1.29, 1.82) is 0 Å². The third kappa shape index (κ3) is 3.03. The van der Waals surface area contributed by atoms with Crippen molar-refractivity contribution in [2.45, 2.75) is 26.3 Å². The van der Waals surface area contributed by atoms with E-state index in [1.54, 1.807) is 13.0 Å². The van der Waals surface area contributed by atoms with Gasteiger partial charge in [0, 0.05) is 5.56 Å². The number of hydrogen-bond acceptors (Lipinski definition) is 2. The predicted octanol–water partition coefficient (Wildman–Crippen LogP) is 1.65. The van der Waals surface area contributed by atoms with Gasteiger partial charge in [-0.3, -0.25) is 4.79 Å². The number of thiocarbonyl (C=S) groups is 1. The minimum Gasteiger partial charge on any atom is -0.392 e. The van der Waals surface area contributed by atoms with Gasteiger partial charge in [0.25, 0.3) is 5.91 Å². The van der Waals surface area contributed by atoms with Gasteiger partial charge in [-0.25, -0.2) is 0 Å². The fraction of sp³-hybridized carbons (Fsp3) is 0.333. The topological polar surface area (TPSA) is 55.1 Å². The molecule has 16 heavy (non-hydrogen) atoms. The first-order valence-electron chi connectivity index (χ1n) is 5.24. The molecule has 0 saturated heterocycles. The molecule has 0 fully saturated rings. The van der Waals surface area contributed by atoms with Crippen molar-refractivity contribution in [2.75, 3.05) is 0 Å². The van der Waals surface area contributed by atoms with E-state index in [2.05, 4.69) is 5.32 Å². The van der Waals surface area contributed by atoms with Crippen molar-refractivity contribution in [2.24, 2.45) is 5.73 Å². The zero-order chi connectivity index (χ0) is 12.1. The van der Waals surface area contributed by atoms with Crippen LogP contribution < -0.4 is 11.1 Å². The number of carbonyl (C=O) groups is 1. The number of nitrogens with one attached hydrogen (secondary N) is 1. The van der Waals surface area contributed by atoms with E-state index in [0.29, 0.717) is 10.6 Å². The number of carbonyl (C=O) groups excluding carboxylic acids is 1. The highest BCUT2D eigenvalue weighted by Crippen LogP contribution is 2.09. The third-order valence-corrected chi connectivity index (χ3v) is 2.77. The van der Waals surface area contributed by atoms with Crippen molar-refractivity contribution < 1.29 is 4.79 Å². The van der Waals surface area contributed by atoms with Crippen LogP contribution in [0.25, 0.3) is 0 Å². The van der Waals surface area contributed by atoms with E-state index in [0.717, 1.165) is 12.0 Å². The first-order valence-corrected chi connectivity index (χ1v) is 5.65. The fourth-order valence-corrected chi connectivity index (χ4v) is 1.45. The Labute approximate surface area is 101 Å². The van der Waals surface area contributed by atoms with Gasteiger partial charge in [0.2, 0.25) is 0 Å². The zero-order valence-corrected chi connectivity index (χ0v) is 10.3. The Morgan fingerprint density at radius 1 is 1.50 bits per heavy atom. The highest BCUT2D eigenvalue weighted by atomic mass is 32.1. The molecule has 0 heterocycles. The summed E-state index contributed by atoms with van der Waals surface area (Å²) in [6.07, 6.45) is 0.824. The van der Waals surface area contributed by atoms with Gasteiger partial charge in [0.15, 0.2) is 0 Å². The summed E-state index contributed by atoms with van der Waals surface area (Å²) in [6.45, 7) is 3.79. The summed E-state index contributed by atoms with van der Waals surface area (Å²) in [5, 5.41) is 2.77. The lowest BCUT2D eigenvalue weighted by Crippen LogP contribution is -2.41. The van der Waals surface area contributed by atoms with Crippen LogP contribution in [0.5, 0.6) is 0 Å². The van der Waals surface area contributed by atoms with Crippen molar-refractivity contribution in [1.82, 2.24) is 5.32 Å². The molecule has 0 saturated carbocycles. The van der Waals surface area contributed by atoms with Gasteiger partial charge in [0.05, 0.1) is 11.0 Å². The molecular weight excluding hydrogens is 220 g/mol. The van der Waals surface area contributed by atoms with Crippen LogP contribution in [0.3, 0.4) is 0 Å². The second-order valence-corrected chi connectivity index (χ2v) is 4.08. The number of aryl methyl sites for hydroxylation is 1. The Hall–Kier alpha value is -1.42. The molecule has 3 nitrogen and oxygen atoms in total. The molecule has 3 N–H and O–H groups in total. The second kappa shape index (κ2) is 5.61. The highest BCUT2D eigenvalue weighted by Gasteiger charge is 2.13. The van der Waals surface area contributed by atoms with Gasteiger partial charge in [-0.2, -0.15) is 0 Å². The number of rotatable bonds is 4. The molecule has 0 bridgehead atoms. The van der Waals surface area contributed by atoms with E-state index in [1.807, 2.05) is 25.1 Å². The molecule has 0 radical (unpaired) electrons. The Morgan fingerprint density at radius 2 is 2.12 bits per heavy atom. The second-order valence-electron chi connectivity index (χ2n) is 3.61. The fourth-order valence-electron chi connectivity index (χ4n) is 1.40. The van der Waals surface area contributed by atoms with Gasteiger partial charge < -0.3 is 11.1 Å². The minimum absolute atomic E-state index is 0.127. The van der Waals surface area contributed by atoms with Gasteiger partial charge >= 0.3 is 0 Å². The van der Waals surface area contributed by atoms with Gasteiger partial charge in [0.1, 0.15) is 0 Å². The van der Waals surface area contributed by atoms with Crippen molar-refractivity contribution in [3.05, 3.63) is 35.4 Å². The summed E-state index contributed by atoms with van der Waals surface area (Å²) >= 11 is 4.81. The van der Waals surface area contributed by atoms with Crippen LogP contribution in [0.1, 0.15) is 29.8 Å². The van der Waals surface area contributed by atoms with E-state index in [4.69, 9.17) is 18.0 Å². The maximum absolute atomic E-state index is 11.9. The van der Waals surface area contributed by atoms with E-state index in [-0.39, 0.29) is 11.9 Å². The van der Waals surface area contributed by atoms with E-state index in [1.165, 1.54) is 0 Å². The van der Waals surface area contributed by atoms with Crippen LogP contribution in [0.15, 0.2) is 24.3 Å². The maximum Gasteiger partial charge on any atom is 0.252 e. The first kappa shape index (κ1) is 12.6. The number of amides is 1. The molecule has 1 aromatic rings. The first-order chi connectivity index (χ1) is 7.56. The van der Waals surface area contributed by atoms with E-state index >= 15 is 0 Å². The van der Waals surface area contributed by atoms with Gasteiger partial charge in [-0.1, -0.05) is 37.3 Å². The minimum atomic E-state index is -0.285. The maximum atomic E-state index is 11.9. The zero-order valence-electron chi connectivity index (χ0n) is 9.49. The monoisotopic (exact) mass is 236 g/mol. The van der Waals surface area contributed by atoms with E-state index < -0.39 is 0 Å². The molecule has 0 aliphatic rings. The van der Waals surface area contributed by atoms with Crippen molar-refractivity contribution >= 4 is 23.1 Å². The normalized spacial score (nSPS) is 11.9. The molecular formula is C12H16N2OS. The Morgan fingerprint density at radius 3 is 2.69 bits per heavy atom. The molecule has 1 amide bonds. The number of nitrogens with two attached hydrogens (primary N) is 1. The van der Waals surface area contributed by atoms with Crippen LogP contribution in [0.2, 0.25) is 0 Å². The molecule has 0 spiro atoms. The molecule has 1 atom stereocenters. The van der Waals surface area contributed by atoms with E-state index in [9.17, 15) is 4.79 Å². The average molecular weight is 236 g/mol. The number of benzene rings is 1. The lowest BCUT2D eigenvalue weighted by molar-refractivity contribution is 0.0948. The lowest BCUT2D eigenvalue weighted by Gasteiger charge is -2.13. The molecule has 1 rings (SSSR count). The van der Waals surface area contributed by atoms with Crippen LogP contribution in [-0.4, -0.2) is 16.9 Å². The SMILES string of the molecule is CCc1ccccc1C(=O)NC(C)C(N)=S. The Balaban J connectivity index is 2.84. The molecule has 1 unspecified atom stereocenters. The molecule has 0 aliphatic heterocycles. The summed E-state index contributed by atoms with van der Waals surface area (Å²) in [7, 11) is 0. The summed E-state index contributed by atoms with van der Waals surface area (Å²) in [5.41, 5.74) is 7.16. The van der Waals surface area contributed by atoms with Crippen LogP contribution in [0.4, 0.5) is 0 Å². The standard InChI is InChI=1S/C12H16N2OS/c1-3-9-6-4-5-7-10(9)12(15)14-8(2)11(13)16/h4-8H,3H2,1-2H3,(H2,13,16)(H,14,15). The summed E-state index contributed by atoms with van der Waals surface area (Å²) in [5.74, 6) is -0.127. The molecule has 4 heteroatoms. The van der Waals surface area contributed by atoms with Crippen molar-refractivity contribution in [3.8, 4) is 0 Å². The Bertz CT molecular complexity index is 404. The average Bonchev–Trinajstić information content (AvgIpc) is 2.28. The Kier molecular flexibility index (Phi) is 4.43. The van der Waals surface area contributed by atoms with Gasteiger partial charge in [-0.05, 0) is 25.0 Å². The quantitative estimate of drug-likeness (QED) is 0.782. The molecule has 86 valence electrons. The summed E-state index contributed by atoms with van der Waals surface area (Å²) < 4.78 is 0. The smallest absolute Gasteiger partial charge is 0.252 e. The van der Waals surface area contributed by atoms with Crippen LogP contribution >= 0.6 is 12.2 Å². The number of hydrogen-bond donors (Lipinski definition) is 2. The molecule has 0 aromatic heterocycles. The van der Waals surface area contributed by atoms with Crippen molar-refractivity contribution in [3.63, 3.8) is 0 Å². The largest absolute Gasteiger partial charge is 0.392 e. The van der Waals surface area contributed by atoms with Crippen LogP contribution in [-0.2, 0) is 6.42 Å². The molecule has 1 aromatic carbocycles. The summed E-state index contributed by atoms with van der Waals surface area (Å²) in [6, 6.07) is 7.24. The predicted molar refractivity (Wildman–Crippen MR) is 69.5 cm³/mol. The lowest BCUT2D eigenvalue weighted by atomic mass is 10.0. The highest BCUT2D eigenvalue weighted by molar-refractivity contribution is 7.80. The third-order valence-electron chi connectivity index (χ3n) is 2.42. The molecule has 0 aliphatic carbocycles. The van der Waals surface area contributed by atoms with Crippen LogP contribution in [0, 0.1) is 0 Å². The summed E-state index contributed by atoms with van der Waals surface area (Å²) in [4.78, 5) is 12.2.